The highest BCUT2D eigenvalue weighted by Gasteiger charge is 2.29. The summed E-state index contributed by atoms with van der Waals surface area (Å²) in [5.74, 6) is 1.12. The Morgan fingerprint density at radius 1 is 1.25 bits per heavy atom. The molecule has 0 aromatic rings. The fraction of sp³-hybridized carbons (Fsp3) is 0.467. The third kappa shape index (κ3) is 2.19. The van der Waals surface area contributed by atoms with E-state index < -0.39 is 0 Å². The molecule has 0 radical (unpaired) electrons. The van der Waals surface area contributed by atoms with E-state index in [1.807, 2.05) is 0 Å². The zero-order valence-electron chi connectivity index (χ0n) is 10.4. The monoisotopic (exact) mass is 215 g/mol. The van der Waals surface area contributed by atoms with Crippen LogP contribution in [0, 0.1) is 11.8 Å². The van der Waals surface area contributed by atoms with Crippen LogP contribution < -0.4 is 5.32 Å². The van der Waals surface area contributed by atoms with Gasteiger partial charge in [0.2, 0.25) is 0 Å². The second kappa shape index (κ2) is 4.84. The largest absolute Gasteiger partial charge is 0.304 e. The first-order valence-corrected chi connectivity index (χ1v) is 6.14. The standard InChI is InChI=1S/C15H21N/c1-4-7-15-14-9-6-5-8-13(14)11(2)10-12(3)16-15/h4-10,12-16H,1-3H3/b7-4-. The van der Waals surface area contributed by atoms with Crippen LogP contribution in [0.15, 0.2) is 48.1 Å². The summed E-state index contributed by atoms with van der Waals surface area (Å²) in [5, 5.41) is 3.66. The molecule has 0 saturated heterocycles. The smallest absolute Gasteiger partial charge is 0.0327 e. The van der Waals surface area contributed by atoms with E-state index in [0.29, 0.717) is 23.9 Å². The van der Waals surface area contributed by atoms with Gasteiger partial charge in [-0.1, -0.05) is 48.1 Å². The molecule has 0 amide bonds. The topological polar surface area (TPSA) is 12.0 Å². The molecule has 4 unspecified atom stereocenters. The first kappa shape index (κ1) is 11.4. The maximum absolute atomic E-state index is 3.66. The molecule has 1 N–H and O–H groups in total. The Morgan fingerprint density at radius 2 is 2.00 bits per heavy atom. The van der Waals surface area contributed by atoms with Crippen LogP contribution in [0.1, 0.15) is 20.8 Å². The molecule has 0 bridgehead atoms. The number of nitrogens with one attached hydrogen (secondary N) is 1. The average molecular weight is 215 g/mol. The molecule has 2 aliphatic rings. The lowest BCUT2D eigenvalue weighted by molar-refractivity contribution is 0.417. The van der Waals surface area contributed by atoms with E-state index >= 15 is 0 Å². The summed E-state index contributed by atoms with van der Waals surface area (Å²) in [4.78, 5) is 0. The molecule has 0 aromatic carbocycles. The molecular formula is C15H21N. The van der Waals surface area contributed by atoms with E-state index in [9.17, 15) is 0 Å². The third-order valence-electron chi connectivity index (χ3n) is 3.49. The predicted molar refractivity (Wildman–Crippen MR) is 70.2 cm³/mol. The number of hydrogen-bond donors (Lipinski definition) is 1. The van der Waals surface area contributed by atoms with Crippen LogP contribution in [0.5, 0.6) is 0 Å². The van der Waals surface area contributed by atoms with Gasteiger partial charge in [0.05, 0.1) is 0 Å². The molecule has 1 heteroatoms. The molecule has 16 heavy (non-hydrogen) atoms. The third-order valence-corrected chi connectivity index (χ3v) is 3.49. The maximum atomic E-state index is 3.66. The Kier molecular flexibility index (Phi) is 3.45. The number of hydrogen-bond acceptors (Lipinski definition) is 1. The Labute approximate surface area is 98.6 Å². The van der Waals surface area contributed by atoms with E-state index in [4.69, 9.17) is 0 Å². The van der Waals surface area contributed by atoms with Crippen molar-refractivity contribution in [1.29, 1.82) is 0 Å². The van der Waals surface area contributed by atoms with Crippen molar-refractivity contribution in [3.8, 4) is 0 Å². The fourth-order valence-electron chi connectivity index (χ4n) is 2.78. The van der Waals surface area contributed by atoms with E-state index in [0.717, 1.165) is 0 Å². The van der Waals surface area contributed by atoms with Crippen molar-refractivity contribution in [3.05, 3.63) is 48.1 Å². The number of allylic oxidation sites excluding steroid dienone is 5. The van der Waals surface area contributed by atoms with E-state index in [2.05, 4.69) is 68.6 Å². The van der Waals surface area contributed by atoms with Crippen LogP contribution >= 0.6 is 0 Å². The van der Waals surface area contributed by atoms with E-state index in [1.165, 1.54) is 5.57 Å². The van der Waals surface area contributed by atoms with Crippen LogP contribution in [0.25, 0.3) is 0 Å². The van der Waals surface area contributed by atoms with Crippen LogP contribution in [0.2, 0.25) is 0 Å². The molecule has 1 aliphatic carbocycles. The number of fused-ring (bicyclic) bond motifs is 1. The van der Waals surface area contributed by atoms with E-state index in [-0.39, 0.29) is 0 Å². The first-order chi connectivity index (χ1) is 7.72. The molecule has 1 aliphatic heterocycles. The lowest BCUT2D eigenvalue weighted by Gasteiger charge is -2.29. The summed E-state index contributed by atoms with van der Waals surface area (Å²) in [6, 6.07) is 0.897. The molecule has 1 nitrogen and oxygen atoms in total. The van der Waals surface area contributed by atoms with Crippen LogP contribution in [0.3, 0.4) is 0 Å². The summed E-state index contributed by atoms with van der Waals surface area (Å²) in [6.07, 6.45) is 15.8. The molecule has 0 spiro atoms. The van der Waals surface area contributed by atoms with Gasteiger partial charge in [0.25, 0.3) is 0 Å². The second-order valence-corrected chi connectivity index (χ2v) is 4.79. The van der Waals surface area contributed by atoms with Gasteiger partial charge in [-0.3, -0.25) is 0 Å². The molecule has 1 heterocycles. The minimum atomic E-state index is 0.444. The highest BCUT2D eigenvalue weighted by molar-refractivity contribution is 5.29. The van der Waals surface area contributed by atoms with Crippen molar-refractivity contribution in [1.82, 2.24) is 5.32 Å². The van der Waals surface area contributed by atoms with Gasteiger partial charge in [-0.2, -0.15) is 0 Å². The van der Waals surface area contributed by atoms with Crippen LogP contribution in [-0.4, -0.2) is 12.1 Å². The van der Waals surface area contributed by atoms with Gasteiger partial charge in [-0.05, 0) is 20.8 Å². The maximum Gasteiger partial charge on any atom is 0.0327 e. The van der Waals surface area contributed by atoms with Crippen molar-refractivity contribution in [2.45, 2.75) is 32.9 Å². The number of rotatable bonds is 1. The molecule has 86 valence electrons. The normalized spacial score (nSPS) is 38.3. The lowest BCUT2D eigenvalue weighted by atomic mass is 9.79. The van der Waals surface area contributed by atoms with Gasteiger partial charge in [-0.25, -0.2) is 0 Å². The fourth-order valence-corrected chi connectivity index (χ4v) is 2.78. The average Bonchev–Trinajstić information content (AvgIpc) is 2.38. The van der Waals surface area contributed by atoms with Gasteiger partial charge in [-0.15, -0.1) is 0 Å². The highest BCUT2D eigenvalue weighted by Crippen LogP contribution is 2.32. The van der Waals surface area contributed by atoms with Gasteiger partial charge < -0.3 is 5.32 Å². The summed E-state index contributed by atoms with van der Waals surface area (Å²) in [6.45, 7) is 6.57. The predicted octanol–water partition coefficient (Wildman–Crippen LogP) is 3.23. The minimum Gasteiger partial charge on any atom is -0.304 e. The quantitative estimate of drug-likeness (QED) is 0.662. The zero-order chi connectivity index (χ0) is 11.5. The van der Waals surface area contributed by atoms with Crippen molar-refractivity contribution in [2.75, 3.05) is 0 Å². The zero-order valence-corrected chi connectivity index (χ0v) is 10.4. The van der Waals surface area contributed by atoms with Crippen molar-refractivity contribution in [2.24, 2.45) is 11.8 Å². The van der Waals surface area contributed by atoms with Crippen LogP contribution in [0.4, 0.5) is 0 Å². The van der Waals surface area contributed by atoms with Crippen LogP contribution in [-0.2, 0) is 0 Å². The Bertz CT molecular complexity index is 360. The molecule has 0 saturated carbocycles. The summed E-state index contributed by atoms with van der Waals surface area (Å²) in [7, 11) is 0. The summed E-state index contributed by atoms with van der Waals surface area (Å²) >= 11 is 0. The van der Waals surface area contributed by atoms with Gasteiger partial charge in [0.1, 0.15) is 0 Å². The van der Waals surface area contributed by atoms with E-state index in [1.54, 1.807) is 0 Å². The summed E-state index contributed by atoms with van der Waals surface area (Å²) in [5.41, 5.74) is 1.48. The molecule has 0 fully saturated rings. The first-order valence-electron chi connectivity index (χ1n) is 6.14. The molecule has 0 aromatic heterocycles. The highest BCUT2D eigenvalue weighted by atomic mass is 14.9. The SMILES string of the molecule is C/C=C\C1NC(C)C=C(C)C2C=CC=CC12. The molecular weight excluding hydrogens is 194 g/mol. The van der Waals surface area contributed by atoms with Gasteiger partial charge in [0.15, 0.2) is 0 Å². The van der Waals surface area contributed by atoms with Crippen molar-refractivity contribution < 1.29 is 0 Å². The lowest BCUT2D eigenvalue weighted by Crippen LogP contribution is -2.39. The minimum absolute atomic E-state index is 0.444. The van der Waals surface area contributed by atoms with Crippen molar-refractivity contribution >= 4 is 0 Å². The second-order valence-electron chi connectivity index (χ2n) is 4.79. The van der Waals surface area contributed by atoms with Gasteiger partial charge >= 0.3 is 0 Å². The Balaban J connectivity index is 2.32. The van der Waals surface area contributed by atoms with Gasteiger partial charge in [0, 0.05) is 23.9 Å². The molecule has 2 rings (SSSR count). The summed E-state index contributed by atoms with van der Waals surface area (Å²) < 4.78 is 0. The molecule has 4 atom stereocenters. The van der Waals surface area contributed by atoms with Crippen molar-refractivity contribution in [3.63, 3.8) is 0 Å². The Hall–Kier alpha value is -1.08. The Morgan fingerprint density at radius 3 is 2.75 bits per heavy atom.